The Morgan fingerprint density at radius 1 is 1.32 bits per heavy atom. The molecule has 4 rings (SSSR count). The molecule has 0 saturated heterocycles. The molecule has 1 aromatic carbocycles. The number of rotatable bonds is 8. The number of anilines is 3. The highest BCUT2D eigenvalue weighted by molar-refractivity contribution is 7.15. The van der Waals surface area contributed by atoms with E-state index in [2.05, 4.69) is 68.2 Å². The van der Waals surface area contributed by atoms with Crippen molar-refractivity contribution >= 4 is 50.0 Å². The van der Waals surface area contributed by atoms with Gasteiger partial charge in [0.05, 0.1) is 17.0 Å². The second-order valence-corrected chi connectivity index (χ2v) is 17.6. The van der Waals surface area contributed by atoms with Gasteiger partial charge in [0.15, 0.2) is 13.4 Å². The molecule has 1 atom stereocenters. The summed E-state index contributed by atoms with van der Waals surface area (Å²) in [6.07, 6.45) is 2.47. The number of aryl methyl sites for hydroxylation is 2. The van der Waals surface area contributed by atoms with Crippen LogP contribution in [0.1, 0.15) is 49.4 Å². The fraction of sp³-hybridized carbons (Fsp3) is 0.444. The van der Waals surface area contributed by atoms with Crippen LogP contribution in [0.5, 0.6) is 0 Å². The number of thiazole rings is 1. The molecular weight excluding hydrogens is 511 g/mol. The minimum Gasteiger partial charge on any atom is -0.416 e. The standard InChI is InChI=1S/C27H34BN6O2SSi/c1-17-18(2)37-25(31-17)33-24-30-10-9-22(32-24)19-11-20(13-29)23-21(12-19)27(6,14-34(23)28-16-35)15-36-38(7,8)26(3,4)5/h9-12,16H,14-15H2,1-8H3,(H,30,31,32,33)/t27-/m1/s1. The van der Waals surface area contributed by atoms with Gasteiger partial charge in [-0.2, -0.15) is 5.26 Å². The van der Waals surface area contributed by atoms with Crippen molar-refractivity contribution in [2.75, 3.05) is 23.3 Å². The van der Waals surface area contributed by atoms with Gasteiger partial charge < -0.3 is 19.3 Å². The van der Waals surface area contributed by atoms with Crippen LogP contribution in [-0.2, 0) is 14.6 Å². The largest absolute Gasteiger partial charge is 0.416 e. The van der Waals surface area contributed by atoms with Crippen molar-refractivity contribution in [2.24, 2.45) is 0 Å². The van der Waals surface area contributed by atoms with E-state index in [0.717, 1.165) is 38.7 Å². The number of aromatic nitrogens is 3. The molecule has 0 bridgehead atoms. The molecule has 3 heterocycles. The van der Waals surface area contributed by atoms with Crippen molar-refractivity contribution in [3.05, 3.63) is 46.1 Å². The van der Waals surface area contributed by atoms with Crippen LogP contribution in [0.2, 0.25) is 18.1 Å². The first kappa shape index (κ1) is 28.0. The molecule has 3 aromatic rings. The lowest BCUT2D eigenvalue weighted by Crippen LogP contribution is -2.46. The first-order valence-electron chi connectivity index (χ1n) is 12.6. The Morgan fingerprint density at radius 3 is 2.66 bits per heavy atom. The number of carbonyl (C=O) groups is 1. The van der Waals surface area contributed by atoms with Crippen molar-refractivity contribution in [1.82, 2.24) is 15.0 Å². The molecule has 0 amide bonds. The zero-order chi connectivity index (χ0) is 27.9. The maximum Gasteiger partial charge on any atom is 0.329 e. The van der Waals surface area contributed by atoms with Crippen LogP contribution < -0.4 is 10.1 Å². The minimum atomic E-state index is -2.02. The molecule has 1 aliphatic heterocycles. The third-order valence-corrected chi connectivity index (χ3v) is 13.2. The van der Waals surface area contributed by atoms with Gasteiger partial charge in [0.2, 0.25) is 5.95 Å². The summed E-state index contributed by atoms with van der Waals surface area (Å²) in [4.78, 5) is 28.1. The Hall–Kier alpha value is -3.07. The fourth-order valence-corrected chi connectivity index (χ4v) is 6.18. The van der Waals surface area contributed by atoms with Gasteiger partial charge in [0.25, 0.3) is 0 Å². The highest BCUT2D eigenvalue weighted by atomic mass is 32.1. The van der Waals surface area contributed by atoms with Gasteiger partial charge in [-0.1, -0.05) is 27.7 Å². The van der Waals surface area contributed by atoms with Gasteiger partial charge in [-0.05, 0) is 55.7 Å². The van der Waals surface area contributed by atoms with Gasteiger partial charge in [0, 0.05) is 40.9 Å². The van der Waals surface area contributed by atoms with E-state index in [4.69, 9.17) is 9.41 Å². The zero-order valence-electron chi connectivity index (χ0n) is 23.3. The second kappa shape index (κ2) is 10.2. The van der Waals surface area contributed by atoms with Crippen molar-refractivity contribution in [2.45, 2.75) is 65.1 Å². The van der Waals surface area contributed by atoms with E-state index in [0.29, 0.717) is 30.4 Å². The predicted octanol–water partition coefficient (Wildman–Crippen LogP) is 5.74. The van der Waals surface area contributed by atoms with Crippen LogP contribution in [0.15, 0.2) is 24.4 Å². The fourth-order valence-electron chi connectivity index (χ4n) is 4.26. The molecule has 1 aliphatic rings. The van der Waals surface area contributed by atoms with E-state index in [1.807, 2.05) is 30.8 Å². The highest BCUT2D eigenvalue weighted by Crippen LogP contribution is 2.46. The summed E-state index contributed by atoms with van der Waals surface area (Å²) >= 11 is 1.55. The smallest absolute Gasteiger partial charge is 0.329 e. The maximum atomic E-state index is 11.5. The number of nitriles is 1. The average Bonchev–Trinajstić information content (AvgIpc) is 3.32. The summed E-state index contributed by atoms with van der Waals surface area (Å²) in [5.74, 6) is 0.440. The molecule has 38 heavy (non-hydrogen) atoms. The lowest BCUT2D eigenvalue weighted by Gasteiger charge is -2.39. The molecule has 8 nitrogen and oxygen atoms in total. The van der Waals surface area contributed by atoms with E-state index >= 15 is 0 Å². The molecule has 1 radical (unpaired) electrons. The molecule has 0 saturated carbocycles. The van der Waals surface area contributed by atoms with Gasteiger partial charge in [-0.3, -0.25) is 0 Å². The summed E-state index contributed by atoms with van der Waals surface area (Å²) in [7, 11) is -0.523. The Morgan fingerprint density at radius 2 is 2.05 bits per heavy atom. The summed E-state index contributed by atoms with van der Waals surface area (Å²) in [5.41, 5.74) is 4.28. The van der Waals surface area contributed by atoms with Crippen LogP contribution in [-0.4, -0.2) is 50.0 Å². The predicted molar refractivity (Wildman–Crippen MR) is 157 cm³/mol. The topological polar surface area (TPSA) is 104 Å². The summed E-state index contributed by atoms with van der Waals surface area (Å²) in [6.45, 7) is 18.3. The number of carbonyl (C=O) groups excluding carboxylic acids is 1. The van der Waals surface area contributed by atoms with E-state index < -0.39 is 13.7 Å². The molecule has 1 N–H and O–H groups in total. The van der Waals surface area contributed by atoms with Crippen molar-refractivity contribution in [3.63, 3.8) is 0 Å². The Labute approximate surface area is 230 Å². The normalized spacial score (nSPS) is 17.2. The quantitative estimate of drug-likeness (QED) is 0.282. The third-order valence-electron chi connectivity index (χ3n) is 7.68. The highest BCUT2D eigenvalue weighted by Gasteiger charge is 2.44. The summed E-state index contributed by atoms with van der Waals surface area (Å²) in [5, 5.41) is 14.1. The third kappa shape index (κ3) is 5.39. The Bertz CT molecular complexity index is 1390. The number of nitrogens with one attached hydrogen (secondary N) is 1. The molecule has 11 heteroatoms. The minimum absolute atomic E-state index is 0.0674. The number of fused-ring (bicyclic) bond motifs is 1. The van der Waals surface area contributed by atoms with Crippen molar-refractivity contribution < 1.29 is 9.22 Å². The van der Waals surface area contributed by atoms with E-state index in [9.17, 15) is 10.1 Å². The molecule has 2 aromatic heterocycles. The maximum absolute atomic E-state index is 11.5. The first-order chi connectivity index (χ1) is 17.8. The zero-order valence-corrected chi connectivity index (χ0v) is 25.2. The Balaban J connectivity index is 1.75. The van der Waals surface area contributed by atoms with Crippen LogP contribution in [0.3, 0.4) is 0 Å². The molecular formula is C27H34BN6O2SSi. The van der Waals surface area contributed by atoms with Gasteiger partial charge in [0.1, 0.15) is 12.3 Å². The first-order valence-corrected chi connectivity index (χ1v) is 16.3. The Kier molecular flexibility index (Phi) is 7.54. The summed E-state index contributed by atoms with van der Waals surface area (Å²) < 4.78 is 6.67. The molecule has 0 unspecified atom stereocenters. The number of hydrogen-bond donors (Lipinski definition) is 1. The number of nitrogens with zero attached hydrogens (tertiary/aromatic N) is 5. The lowest BCUT2D eigenvalue weighted by atomic mass is 9.83. The average molecular weight is 546 g/mol. The van der Waals surface area contributed by atoms with E-state index in [1.165, 1.54) is 7.41 Å². The van der Waals surface area contributed by atoms with Gasteiger partial charge in [-0.25, -0.2) is 15.0 Å². The van der Waals surface area contributed by atoms with Crippen LogP contribution in [0.25, 0.3) is 11.3 Å². The molecule has 0 aliphatic carbocycles. The second-order valence-electron chi connectivity index (χ2n) is 11.6. The van der Waals surface area contributed by atoms with E-state index in [-0.39, 0.29) is 5.04 Å². The van der Waals surface area contributed by atoms with Crippen LogP contribution in [0.4, 0.5) is 16.8 Å². The number of hydrogen-bond acceptors (Lipinski definition) is 9. The monoisotopic (exact) mass is 545 g/mol. The van der Waals surface area contributed by atoms with Crippen LogP contribution in [0, 0.1) is 25.2 Å². The lowest BCUT2D eigenvalue weighted by molar-refractivity contribution is 0.219. The van der Waals surface area contributed by atoms with Crippen molar-refractivity contribution in [3.8, 4) is 17.3 Å². The summed E-state index contributed by atoms with van der Waals surface area (Å²) in [6, 6.07) is 8.09. The SMILES string of the molecule is Cc1nc(Nc2nccc(-c3cc(C#N)c4c(c3)[C@@](C)(CO[Si](C)(C)C(C)(C)C)CN4[B]C=O)n2)sc1C. The van der Waals surface area contributed by atoms with Gasteiger partial charge in [-0.15, -0.1) is 11.3 Å². The molecule has 197 valence electrons. The van der Waals surface area contributed by atoms with E-state index in [1.54, 1.807) is 17.5 Å². The van der Waals surface area contributed by atoms with Crippen LogP contribution >= 0.6 is 11.3 Å². The van der Waals surface area contributed by atoms with Gasteiger partial charge >= 0.3 is 7.41 Å². The molecule has 0 spiro atoms. The molecule has 0 fully saturated rings. The van der Waals surface area contributed by atoms with Crippen molar-refractivity contribution in [1.29, 1.82) is 5.26 Å². The number of benzene rings is 1.